The molecule has 1 aromatic heterocycles. The zero-order valence-electron chi connectivity index (χ0n) is 18.3. The van der Waals surface area contributed by atoms with Gasteiger partial charge in [-0.25, -0.2) is 4.79 Å². The van der Waals surface area contributed by atoms with E-state index in [1.165, 1.54) is 14.0 Å². The van der Waals surface area contributed by atoms with Crippen molar-refractivity contribution in [2.45, 2.75) is 45.6 Å². The number of para-hydroxylation sites is 1. The number of nitrogens with one attached hydrogen (secondary N) is 1. The molecule has 2 aromatic rings. The van der Waals surface area contributed by atoms with Gasteiger partial charge in [-0.2, -0.15) is 5.26 Å². The molecular formula is C24H28N4O3. The van der Waals surface area contributed by atoms with Crippen LogP contribution in [0.25, 0.3) is 16.6 Å². The molecule has 162 valence electrons. The topological polar surface area (TPSA) is 87.4 Å². The molecule has 2 aliphatic rings. The van der Waals surface area contributed by atoms with Crippen molar-refractivity contribution in [3.8, 4) is 6.19 Å². The number of amides is 1. The number of hydrogen-bond donors (Lipinski definition) is 1. The lowest BCUT2D eigenvalue weighted by atomic mass is 9.67. The number of nitriles is 1. The molecule has 1 amide bonds. The SMILES string of the molecule is CC[C@]12C=C(C(=O)OC)n3c(c(CCNC(C)=O)c4ccccc43)[C@H]1N(C#N)CCC2. The third kappa shape index (κ3) is 3.27. The number of fused-ring (bicyclic) bond motifs is 5. The Morgan fingerprint density at radius 2 is 2.13 bits per heavy atom. The Balaban J connectivity index is 2.02. The van der Waals surface area contributed by atoms with Crippen LogP contribution in [0.1, 0.15) is 50.4 Å². The molecule has 31 heavy (non-hydrogen) atoms. The number of piperidine rings is 1. The Hall–Kier alpha value is -3.27. The van der Waals surface area contributed by atoms with E-state index >= 15 is 0 Å². The summed E-state index contributed by atoms with van der Waals surface area (Å²) < 4.78 is 7.16. The van der Waals surface area contributed by atoms with Crippen LogP contribution in [0.5, 0.6) is 0 Å². The predicted molar refractivity (Wildman–Crippen MR) is 118 cm³/mol. The van der Waals surface area contributed by atoms with Gasteiger partial charge in [-0.3, -0.25) is 4.79 Å². The van der Waals surface area contributed by atoms with E-state index in [4.69, 9.17) is 4.74 Å². The van der Waals surface area contributed by atoms with Crippen LogP contribution in [-0.4, -0.2) is 41.5 Å². The standard InChI is InChI=1S/C24H28N4O3/c1-4-24-11-7-13-27(15-25)22(24)21-18(10-12-26-16(2)29)17-8-5-6-9-19(17)28(21)20(14-24)23(30)31-3/h5-6,8-9,14,22H,4,7,10-13H2,1-3H3,(H,26,29)/t22-,24+/m1/s1. The maximum atomic E-state index is 12.9. The fraction of sp³-hybridized carbons (Fsp3) is 0.458. The van der Waals surface area contributed by atoms with E-state index in [1.807, 2.05) is 39.8 Å². The van der Waals surface area contributed by atoms with Gasteiger partial charge in [0.1, 0.15) is 5.70 Å². The second-order valence-corrected chi connectivity index (χ2v) is 8.36. The molecule has 7 heteroatoms. The Morgan fingerprint density at radius 1 is 1.35 bits per heavy atom. The van der Waals surface area contributed by atoms with Gasteiger partial charge in [0.15, 0.2) is 6.19 Å². The predicted octanol–water partition coefficient (Wildman–Crippen LogP) is 3.36. The maximum Gasteiger partial charge on any atom is 0.354 e. The fourth-order valence-electron chi connectivity index (χ4n) is 5.40. The van der Waals surface area contributed by atoms with Crippen LogP contribution in [0.15, 0.2) is 30.3 Å². The molecule has 2 atom stereocenters. The van der Waals surface area contributed by atoms with Crippen molar-refractivity contribution in [3.05, 3.63) is 41.6 Å². The minimum absolute atomic E-state index is 0.0771. The number of benzene rings is 1. The van der Waals surface area contributed by atoms with Crippen LogP contribution >= 0.6 is 0 Å². The van der Waals surface area contributed by atoms with Gasteiger partial charge < -0.3 is 19.5 Å². The Kier molecular flexibility index (Phi) is 5.48. The smallest absolute Gasteiger partial charge is 0.354 e. The fourth-order valence-corrected chi connectivity index (χ4v) is 5.40. The summed E-state index contributed by atoms with van der Waals surface area (Å²) in [6, 6.07) is 7.81. The van der Waals surface area contributed by atoms with Crippen molar-refractivity contribution < 1.29 is 14.3 Å². The third-order valence-corrected chi connectivity index (χ3v) is 6.77. The minimum atomic E-state index is -0.379. The normalized spacial score (nSPS) is 22.2. The van der Waals surface area contributed by atoms with Crippen molar-refractivity contribution in [1.82, 2.24) is 14.8 Å². The first-order valence-electron chi connectivity index (χ1n) is 10.8. The van der Waals surface area contributed by atoms with Crippen molar-refractivity contribution >= 4 is 28.5 Å². The number of aromatic nitrogens is 1. The van der Waals surface area contributed by atoms with E-state index < -0.39 is 0 Å². The summed E-state index contributed by atoms with van der Waals surface area (Å²) in [7, 11) is 1.40. The van der Waals surface area contributed by atoms with Crippen LogP contribution in [-0.2, 0) is 20.7 Å². The van der Waals surface area contributed by atoms with Gasteiger partial charge >= 0.3 is 5.97 Å². The lowest BCUT2D eigenvalue weighted by Gasteiger charge is -2.49. The first kappa shape index (κ1) is 21.0. The van der Waals surface area contributed by atoms with E-state index in [9.17, 15) is 14.9 Å². The summed E-state index contributed by atoms with van der Waals surface area (Å²) in [5.41, 5.74) is 3.14. The van der Waals surface area contributed by atoms with Crippen molar-refractivity contribution in [2.24, 2.45) is 5.41 Å². The van der Waals surface area contributed by atoms with Crippen molar-refractivity contribution in [1.29, 1.82) is 5.26 Å². The maximum absolute atomic E-state index is 12.9. The van der Waals surface area contributed by atoms with E-state index in [-0.39, 0.29) is 23.3 Å². The van der Waals surface area contributed by atoms with Crippen LogP contribution in [0.4, 0.5) is 0 Å². The molecule has 1 N–H and O–H groups in total. The van der Waals surface area contributed by atoms with Gasteiger partial charge in [0.05, 0.1) is 24.4 Å². The first-order chi connectivity index (χ1) is 15.0. The highest BCUT2D eigenvalue weighted by molar-refractivity contribution is 6.13. The molecule has 1 saturated heterocycles. The quantitative estimate of drug-likeness (QED) is 0.592. The molecule has 0 unspecified atom stereocenters. The van der Waals surface area contributed by atoms with E-state index in [0.29, 0.717) is 25.2 Å². The summed E-state index contributed by atoms with van der Waals surface area (Å²) in [5, 5.41) is 13.9. The molecule has 7 nitrogen and oxygen atoms in total. The van der Waals surface area contributed by atoms with Gasteiger partial charge in [-0.05, 0) is 43.4 Å². The van der Waals surface area contributed by atoms with E-state index in [1.54, 1.807) is 0 Å². The number of hydrogen-bond acceptors (Lipinski definition) is 5. The molecule has 0 saturated carbocycles. The van der Waals surface area contributed by atoms with Crippen molar-refractivity contribution in [3.63, 3.8) is 0 Å². The lowest BCUT2D eigenvalue weighted by molar-refractivity contribution is -0.134. The number of carbonyl (C=O) groups is 2. The number of carbonyl (C=O) groups excluding carboxylic acids is 2. The largest absolute Gasteiger partial charge is 0.464 e. The molecular weight excluding hydrogens is 392 g/mol. The molecule has 3 heterocycles. The highest BCUT2D eigenvalue weighted by atomic mass is 16.5. The number of nitrogens with zero attached hydrogens (tertiary/aromatic N) is 3. The average molecular weight is 421 g/mol. The number of rotatable bonds is 5. The first-order valence-corrected chi connectivity index (χ1v) is 10.8. The lowest BCUT2D eigenvalue weighted by Crippen LogP contribution is -2.46. The average Bonchev–Trinajstić information content (AvgIpc) is 3.11. The molecule has 2 aliphatic heterocycles. The Labute approximate surface area is 182 Å². The molecule has 1 fully saturated rings. The highest BCUT2D eigenvalue weighted by Crippen LogP contribution is 2.55. The Bertz CT molecular complexity index is 1110. The van der Waals surface area contributed by atoms with Gasteiger partial charge in [0.25, 0.3) is 0 Å². The van der Waals surface area contributed by atoms with E-state index in [0.717, 1.165) is 41.4 Å². The van der Waals surface area contributed by atoms with Crippen LogP contribution < -0.4 is 5.32 Å². The molecule has 4 rings (SSSR count). The molecule has 0 aliphatic carbocycles. The number of esters is 1. The molecule has 0 spiro atoms. The van der Waals surface area contributed by atoms with Gasteiger partial charge in [0.2, 0.25) is 5.91 Å². The number of methoxy groups -OCH3 is 1. The monoisotopic (exact) mass is 420 g/mol. The van der Waals surface area contributed by atoms with Gasteiger partial charge in [-0.1, -0.05) is 25.1 Å². The zero-order valence-corrected chi connectivity index (χ0v) is 18.3. The van der Waals surface area contributed by atoms with Gasteiger partial charge in [0, 0.05) is 30.8 Å². The van der Waals surface area contributed by atoms with E-state index in [2.05, 4.69) is 18.4 Å². The minimum Gasteiger partial charge on any atom is -0.464 e. The number of ether oxygens (including phenoxy) is 1. The van der Waals surface area contributed by atoms with Crippen molar-refractivity contribution in [2.75, 3.05) is 20.2 Å². The Morgan fingerprint density at radius 3 is 2.81 bits per heavy atom. The van der Waals surface area contributed by atoms with Crippen LogP contribution in [0.2, 0.25) is 0 Å². The van der Waals surface area contributed by atoms with Crippen LogP contribution in [0, 0.1) is 16.9 Å². The van der Waals surface area contributed by atoms with Crippen LogP contribution in [0.3, 0.4) is 0 Å². The van der Waals surface area contributed by atoms with Gasteiger partial charge in [-0.15, -0.1) is 0 Å². The second kappa shape index (κ2) is 8.10. The zero-order chi connectivity index (χ0) is 22.2. The molecule has 0 bridgehead atoms. The molecule has 1 aromatic carbocycles. The summed E-state index contributed by atoms with van der Waals surface area (Å²) in [6.45, 7) is 4.81. The summed E-state index contributed by atoms with van der Waals surface area (Å²) >= 11 is 0. The second-order valence-electron chi connectivity index (χ2n) is 8.36. The summed E-state index contributed by atoms with van der Waals surface area (Å²) in [4.78, 5) is 26.3. The third-order valence-electron chi connectivity index (χ3n) is 6.77. The highest BCUT2D eigenvalue weighted by Gasteiger charge is 2.49. The molecule has 0 radical (unpaired) electrons. The summed E-state index contributed by atoms with van der Waals surface area (Å²) in [6.07, 6.45) is 7.68. The summed E-state index contributed by atoms with van der Waals surface area (Å²) in [5.74, 6) is -0.456. The number of likely N-dealkylation sites (tertiary alicyclic amines) is 1.